The topological polar surface area (TPSA) is 64.9 Å². The van der Waals surface area contributed by atoms with Gasteiger partial charge in [0.2, 0.25) is 0 Å². The first-order valence-corrected chi connectivity index (χ1v) is 6.66. The highest BCUT2D eigenvalue weighted by Gasteiger charge is 2.20. The van der Waals surface area contributed by atoms with Crippen molar-refractivity contribution in [2.45, 2.75) is 26.2 Å². The summed E-state index contributed by atoms with van der Waals surface area (Å²) in [5.74, 6) is -0.0613. The number of anilines is 1. The fraction of sp³-hybridized carbons (Fsp3) is 0.375. The molecular weight excluding hydrogens is 250 g/mol. The Morgan fingerprint density at radius 2 is 1.90 bits per heavy atom. The van der Waals surface area contributed by atoms with Crippen LogP contribution in [0.15, 0.2) is 35.4 Å². The molecule has 0 unspecified atom stereocenters. The first-order chi connectivity index (χ1) is 9.44. The van der Waals surface area contributed by atoms with Gasteiger partial charge in [0.25, 0.3) is 5.91 Å². The molecule has 1 aromatic rings. The highest BCUT2D eigenvalue weighted by Crippen LogP contribution is 2.23. The Kier molecular flexibility index (Phi) is 3.91. The standard InChI is InChI=1S/C16H19N3O/c1-11(12-8-18-9-12)15(20)19-14-6-4-13(5-7-14)16(2,3)10-17/h4-7,18H,8-9H2,1-3H3,(H,19,20). The molecular formula is C16H19N3O. The summed E-state index contributed by atoms with van der Waals surface area (Å²) in [5.41, 5.74) is 3.11. The van der Waals surface area contributed by atoms with Gasteiger partial charge in [-0.05, 0) is 44.0 Å². The summed E-state index contributed by atoms with van der Waals surface area (Å²) >= 11 is 0. The molecule has 20 heavy (non-hydrogen) atoms. The maximum atomic E-state index is 12.0. The molecule has 2 rings (SSSR count). The monoisotopic (exact) mass is 269 g/mol. The van der Waals surface area contributed by atoms with Crippen LogP contribution >= 0.6 is 0 Å². The summed E-state index contributed by atoms with van der Waals surface area (Å²) in [5, 5.41) is 15.1. The number of nitrogens with one attached hydrogen (secondary N) is 2. The molecule has 0 saturated carbocycles. The number of nitriles is 1. The molecule has 0 spiro atoms. The van der Waals surface area contributed by atoms with Crippen LogP contribution in [-0.2, 0) is 10.2 Å². The average molecular weight is 269 g/mol. The fourth-order valence-corrected chi connectivity index (χ4v) is 1.94. The van der Waals surface area contributed by atoms with E-state index in [1.165, 1.54) is 0 Å². The van der Waals surface area contributed by atoms with E-state index in [0.717, 1.165) is 35.5 Å². The van der Waals surface area contributed by atoms with E-state index >= 15 is 0 Å². The predicted octanol–water partition coefficient (Wildman–Crippen LogP) is 2.35. The lowest BCUT2D eigenvalue weighted by Gasteiger charge is -2.21. The predicted molar refractivity (Wildman–Crippen MR) is 79.3 cm³/mol. The van der Waals surface area contributed by atoms with Gasteiger partial charge in [-0.3, -0.25) is 4.79 Å². The third-order valence-corrected chi connectivity index (χ3v) is 3.69. The number of hydrogen-bond donors (Lipinski definition) is 2. The van der Waals surface area contributed by atoms with Crippen molar-refractivity contribution in [3.8, 4) is 6.07 Å². The number of hydrogen-bond acceptors (Lipinski definition) is 3. The van der Waals surface area contributed by atoms with Crippen LogP contribution in [0.5, 0.6) is 0 Å². The van der Waals surface area contributed by atoms with Crippen LogP contribution in [0.4, 0.5) is 5.69 Å². The quantitative estimate of drug-likeness (QED) is 0.828. The van der Waals surface area contributed by atoms with Gasteiger partial charge in [0.15, 0.2) is 0 Å². The summed E-state index contributed by atoms with van der Waals surface area (Å²) in [6.45, 7) is 7.19. The summed E-state index contributed by atoms with van der Waals surface area (Å²) < 4.78 is 0. The zero-order chi connectivity index (χ0) is 14.8. The maximum absolute atomic E-state index is 12.0. The first kappa shape index (κ1) is 14.3. The highest BCUT2D eigenvalue weighted by molar-refractivity contribution is 6.04. The van der Waals surface area contributed by atoms with Crippen molar-refractivity contribution in [1.82, 2.24) is 5.32 Å². The summed E-state index contributed by atoms with van der Waals surface area (Å²) in [6, 6.07) is 9.70. The molecule has 104 valence electrons. The number of rotatable bonds is 3. The van der Waals surface area contributed by atoms with Gasteiger partial charge >= 0.3 is 0 Å². The number of carbonyl (C=O) groups is 1. The second-order valence-electron chi connectivity index (χ2n) is 5.60. The minimum atomic E-state index is -0.516. The lowest BCUT2D eigenvalue weighted by Crippen LogP contribution is -2.36. The molecule has 0 aliphatic carbocycles. The Hall–Kier alpha value is -2.12. The smallest absolute Gasteiger partial charge is 0.251 e. The van der Waals surface area contributed by atoms with Crippen LogP contribution in [0.2, 0.25) is 0 Å². The van der Waals surface area contributed by atoms with E-state index in [2.05, 4.69) is 16.7 Å². The van der Waals surface area contributed by atoms with E-state index < -0.39 is 5.41 Å². The molecule has 0 radical (unpaired) electrons. The molecule has 0 aromatic heterocycles. The summed E-state index contributed by atoms with van der Waals surface area (Å²) in [6.07, 6.45) is 0. The molecule has 4 nitrogen and oxygen atoms in total. The van der Waals surface area contributed by atoms with Gasteiger partial charge in [0, 0.05) is 24.4 Å². The van der Waals surface area contributed by atoms with Crippen LogP contribution in [0, 0.1) is 11.3 Å². The van der Waals surface area contributed by atoms with Crippen molar-refractivity contribution in [1.29, 1.82) is 5.26 Å². The van der Waals surface area contributed by atoms with Crippen molar-refractivity contribution in [2.24, 2.45) is 0 Å². The molecule has 1 heterocycles. The molecule has 1 aliphatic heterocycles. The van der Waals surface area contributed by atoms with E-state index in [4.69, 9.17) is 5.26 Å². The molecule has 1 aliphatic rings. The van der Waals surface area contributed by atoms with E-state index in [1.807, 2.05) is 45.0 Å². The Labute approximate surface area is 119 Å². The number of carbonyl (C=O) groups excluding carboxylic acids is 1. The van der Waals surface area contributed by atoms with Gasteiger partial charge in [-0.15, -0.1) is 0 Å². The minimum absolute atomic E-state index is 0.0613. The minimum Gasteiger partial charge on any atom is -0.322 e. The molecule has 1 saturated heterocycles. The molecule has 0 bridgehead atoms. The third-order valence-electron chi connectivity index (χ3n) is 3.69. The van der Waals surface area contributed by atoms with Crippen molar-refractivity contribution in [3.05, 3.63) is 41.0 Å². The van der Waals surface area contributed by atoms with Crippen molar-refractivity contribution < 1.29 is 4.79 Å². The number of amides is 1. The van der Waals surface area contributed by atoms with E-state index in [0.29, 0.717) is 0 Å². The molecule has 1 aromatic carbocycles. The Morgan fingerprint density at radius 3 is 2.35 bits per heavy atom. The second-order valence-corrected chi connectivity index (χ2v) is 5.60. The molecule has 1 fully saturated rings. The van der Waals surface area contributed by atoms with Gasteiger partial charge in [-0.1, -0.05) is 12.1 Å². The zero-order valence-electron chi connectivity index (χ0n) is 12.1. The van der Waals surface area contributed by atoms with Gasteiger partial charge in [-0.25, -0.2) is 0 Å². The summed E-state index contributed by atoms with van der Waals surface area (Å²) in [4.78, 5) is 12.0. The van der Waals surface area contributed by atoms with Crippen molar-refractivity contribution >= 4 is 11.6 Å². The largest absolute Gasteiger partial charge is 0.322 e. The second kappa shape index (κ2) is 5.48. The maximum Gasteiger partial charge on any atom is 0.251 e. The fourth-order valence-electron chi connectivity index (χ4n) is 1.94. The van der Waals surface area contributed by atoms with Crippen LogP contribution in [0.1, 0.15) is 26.3 Å². The normalized spacial score (nSPS) is 14.2. The van der Waals surface area contributed by atoms with Crippen LogP contribution < -0.4 is 10.6 Å². The summed E-state index contributed by atoms with van der Waals surface area (Å²) in [7, 11) is 0. The first-order valence-electron chi connectivity index (χ1n) is 6.66. The van der Waals surface area contributed by atoms with E-state index in [1.54, 1.807) is 0 Å². The molecule has 4 heteroatoms. The SMILES string of the molecule is CC(C(=O)Nc1ccc(C(C)(C)C#N)cc1)=C1CNC1. The van der Waals surface area contributed by atoms with Gasteiger partial charge in [0.05, 0.1) is 11.5 Å². The van der Waals surface area contributed by atoms with Crippen molar-refractivity contribution in [3.63, 3.8) is 0 Å². The average Bonchev–Trinajstić information content (AvgIpc) is 2.37. The molecule has 1 amide bonds. The van der Waals surface area contributed by atoms with E-state index in [9.17, 15) is 4.79 Å². The lowest BCUT2D eigenvalue weighted by molar-refractivity contribution is -0.112. The van der Waals surface area contributed by atoms with Gasteiger partial charge in [-0.2, -0.15) is 5.26 Å². The third kappa shape index (κ3) is 2.89. The number of nitrogens with zero attached hydrogens (tertiary/aromatic N) is 1. The highest BCUT2D eigenvalue weighted by atomic mass is 16.1. The lowest BCUT2D eigenvalue weighted by atomic mass is 9.86. The zero-order valence-corrected chi connectivity index (χ0v) is 12.1. The molecule has 0 atom stereocenters. The van der Waals surface area contributed by atoms with Gasteiger partial charge < -0.3 is 10.6 Å². The van der Waals surface area contributed by atoms with E-state index in [-0.39, 0.29) is 5.91 Å². The Bertz CT molecular complexity index is 585. The van der Waals surface area contributed by atoms with Crippen LogP contribution in [-0.4, -0.2) is 19.0 Å². The van der Waals surface area contributed by atoms with Crippen LogP contribution in [0.25, 0.3) is 0 Å². The Balaban J connectivity index is 2.08. The number of benzene rings is 1. The Morgan fingerprint density at radius 1 is 1.30 bits per heavy atom. The van der Waals surface area contributed by atoms with Gasteiger partial charge in [0.1, 0.15) is 0 Å². The van der Waals surface area contributed by atoms with Crippen LogP contribution in [0.3, 0.4) is 0 Å². The van der Waals surface area contributed by atoms with Crippen molar-refractivity contribution in [2.75, 3.05) is 18.4 Å². The molecule has 2 N–H and O–H groups in total.